The van der Waals surface area contributed by atoms with Crippen molar-refractivity contribution in [3.05, 3.63) is 41.6 Å². The number of nitrogens with zero attached hydrogens (tertiary/aromatic N) is 2. The van der Waals surface area contributed by atoms with Crippen molar-refractivity contribution in [2.24, 2.45) is 0 Å². The Kier molecular flexibility index (Phi) is 4.23. The van der Waals surface area contributed by atoms with Crippen LogP contribution in [0.5, 0.6) is 5.88 Å². The number of halogens is 1. The summed E-state index contributed by atoms with van der Waals surface area (Å²) >= 11 is 5.84. The first-order chi connectivity index (χ1) is 8.69. The van der Waals surface area contributed by atoms with Gasteiger partial charge in [0.25, 0.3) is 0 Å². The molecule has 0 unspecified atom stereocenters. The van der Waals surface area contributed by atoms with Crippen molar-refractivity contribution in [1.29, 1.82) is 0 Å². The van der Waals surface area contributed by atoms with E-state index in [9.17, 15) is 0 Å². The zero-order chi connectivity index (χ0) is 13.0. The Labute approximate surface area is 111 Å². The van der Waals surface area contributed by atoms with E-state index in [0.29, 0.717) is 17.5 Å². The van der Waals surface area contributed by atoms with E-state index in [2.05, 4.69) is 5.10 Å². The van der Waals surface area contributed by atoms with Gasteiger partial charge in [0.05, 0.1) is 11.8 Å². The molecule has 0 spiro atoms. The molecular formula is C13H15ClN2O2. The van der Waals surface area contributed by atoms with E-state index < -0.39 is 0 Å². The van der Waals surface area contributed by atoms with Gasteiger partial charge in [-0.05, 0) is 31.2 Å². The standard InChI is InChI=1S/C13H15ClN2O2/c1-10(17-2)9-18-13-7-8-16(15-13)12-5-3-11(14)4-6-12/h3-8,10H,9H2,1-2H3/t10-/m0/s1. The molecule has 18 heavy (non-hydrogen) atoms. The maximum absolute atomic E-state index is 5.84. The molecule has 0 aliphatic rings. The van der Waals surface area contributed by atoms with E-state index in [-0.39, 0.29) is 6.10 Å². The number of hydrogen-bond acceptors (Lipinski definition) is 3. The second kappa shape index (κ2) is 5.89. The van der Waals surface area contributed by atoms with Crippen LogP contribution in [0.2, 0.25) is 5.02 Å². The molecule has 5 heteroatoms. The first-order valence-electron chi connectivity index (χ1n) is 5.66. The van der Waals surface area contributed by atoms with Crippen molar-refractivity contribution in [1.82, 2.24) is 9.78 Å². The summed E-state index contributed by atoms with van der Waals surface area (Å²) in [4.78, 5) is 0. The zero-order valence-electron chi connectivity index (χ0n) is 10.3. The largest absolute Gasteiger partial charge is 0.474 e. The molecule has 1 heterocycles. The fourth-order valence-corrected chi connectivity index (χ4v) is 1.52. The smallest absolute Gasteiger partial charge is 0.233 e. The minimum Gasteiger partial charge on any atom is -0.474 e. The van der Waals surface area contributed by atoms with Gasteiger partial charge in [-0.2, -0.15) is 0 Å². The van der Waals surface area contributed by atoms with Gasteiger partial charge in [-0.15, -0.1) is 5.10 Å². The van der Waals surface area contributed by atoms with Crippen LogP contribution in [0.15, 0.2) is 36.5 Å². The second-order valence-electron chi connectivity index (χ2n) is 3.93. The number of ether oxygens (including phenoxy) is 2. The molecule has 2 aromatic rings. The second-order valence-corrected chi connectivity index (χ2v) is 4.37. The summed E-state index contributed by atoms with van der Waals surface area (Å²) in [6, 6.07) is 9.27. The van der Waals surface area contributed by atoms with Gasteiger partial charge in [0, 0.05) is 24.4 Å². The number of benzene rings is 1. The number of methoxy groups -OCH3 is 1. The normalized spacial score (nSPS) is 12.4. The monoisotopic (exact) mass is 266 g/mol. The molecule has 0 aliphatic carbocycles. The highest BCUT2D eigenvalue weighted by atomic mass is 35.5. The minimum atomic E-state index is 0.0469. The summed E-state index contributed by atoms with van der Waals surface area (Å²) in [7, 11) is 1.65. The topological polar surface area (TPSA) is 36.3 Å². The van der Waals surface area contributed by atoms with Crippen molar-refractivity contribution >= 4 is 11.6 Å². The van der Waals surface area contributed by atoms with Crippen LogP contribution in [0, 0.1) is 0 Å². The average Bonchev–Trinajstić information content (AvgIpc) is 2.85. The molecular weight excluding hydrogens is 252 g/mol. The molecule has 0 fully saturated rings. The Balaban J connectivity index is 2.03. The lowest BCUT2D eigenvalue weighted by molar-refractivity contribution is 0.0698. The maximum atomic E-state index is 5.84. The fourth-order valence-electron chi connectivity index (χ4n) is 1.39. The van der Waals surface area contributed by atoms with Crippen molar-refractivity contribution in [3.63, 3.8) is 0 Å². The van der Waals surface area contributed by atoms with E-state index in [1.807, 2.05) is 43.5 Å². The van der Waals surface area contributed by atoms with E-state index in [0.717, 1.165) is 5.69 Å². The highest BCUT2D eigenvalue weighted by Gasteiger charge is 2.04. The lowest BCUT2D eigenvalue weighted by atomic mass is 10.3. The van der Waals surface area contributed by atoms with Crippen LogP contribution in [-0.2, 0) is 4.74 Å². The lowest BCUT2D eigenvalue weighted by Crippen LogP contribution is -2.16. The molecule has 0 amide bonds. The zero-order valence-corrected chi connectivity index (χ0v) is 11.1. The predicted octanol–water partition coefficient (Wildman–Crippen LogP) is 2.94. The van der Waals surface area contributed by atoms with Crippen LogP contribution in [0.4, 0.5) is 0 Å². The van der Waals surface area contributed by atoms with Gasteiger partial charge < -0.3 is 9.47 Å². The molecule has 0 radical (unpaired) electrons. The van der Waals surface area contributed by atoms with Crippen molar-refractivity contribution in [2.75, 3.05) is 13.7 Å². The Hall–Kier alpha value is -1.52. The fraction of sp³-hybridized carbons (Fsp3) is 0.308. The van der Waals surface area contributed by atoms with E-state index in [1.165, 1.54) is 0 Å². The molecule has 0 saturated heterocycles. The van der Waals surface area contributed by atoms with Crippen LogP contribution < -0.4 is 4.74 Å². The average molecular weight is 267 g/mol. The highest BCUT2D eigenvalue weighted by molar-refractivity contribution is 6.30. The first-order valence-corrected chi connectivity index (χ1v) is 6.04. The Morgan fingerprint density at radius 3 is 2.67 bits per heavy atom. The van der Waals surface area contributed by atoms with Crippen molar-refractivity contribution in [2.45, 2.75) is 13.0 Å². The van der Waals surface area contributed by atoms with Gasteiger partial charge in [0.1, 0.15) is 6.61 Å². The molecule has 1 aromatic heterocycles. The first kappa shape index (κ1) is 12.9. The number of aromatic nitrogens is 2. The summed E-state index contributed by atoms with van der Waals surface area (Å²) in [5, 5.41) is 5.02. The summed E-state index contributed by atoms with van der Waals surface area (Å²) in [6.07, 6.45) is 1.89. The van der Waals surface area contributed by atoms with Gasteiger partial charge >= 0.3 is 0 Å². The molecule has 96 valence electrons. The molecule has 0 aliphatic heterocycles. The van der Waals surface area contributed by atoms with E-state index in [1.54, 1.807) is 11.8 Å². The van der Waals surface area contributed by atoms with Crippen LogP contribution in [-0.4, -0.2) is 29.6 Å². The minimum absolute atomic E-state index is 0.0469. The third-order valence-electron chi connectivity index (χ3n) is 2.52. The van der Waals surface area contributed by atoms with E-state index in [4.69, 9.17) is 21.1 Å². The number of rotatable bonds is 5. The van der Waals surface area contributed by atoms with Crippen LogP contribution >= 0.6 is 11.6 Å². The molecule has 1 atom stereocenters. The van der Waals surface area contributed by atoms with Gasteiger partial charge in [0.2, 0.25) is 5.88 Å². The molecule has 1 aromatic carbocycles. The quantitative estimate of drug-likeness (QED) is 0.835. The SMILES string of the molecule is CO[C@@H](C)COc1ccn(-c2ccc(Cl)cc2)n1. The number of hydrogen-bond donors (Lipinski definition) is 0. The Morgan fingerprint density at radius 1 is 1.28 bits per heavy atom. The molecule has 0 saturated carbocycles. The molecule has 4 nitrogen and oxygen atoms in total. The Morgan fingerprint density at radius 2 is 2.00 bits per heavy atom. The van der Waals surface area contributed by atoms with Crippen LogP contribution in [0.25, 0.3) is 5.69 Å². The van der Waals surface area contributed by atoms with Gasteiger partial charge in [-0.25, -0.2) is 4.68 Å². The molecule has 0 bridgehead atoms. The van der Waals surface area contributed by atoms with Crippen molar-refractivity contribution < 1.29 is 9.47 Å². The summed E-state index contributed by atoms with van der Waals surface area (Å²) in [5.41, 5.74) is 0.939. The molecule has 2 rings (SSSR count). The molecule has 0 N–H and O–H groups in total. The van der Waals surface area contributed by atoms with Crippen LogP contribution in [0.1, 0.15) is 6.92 Å². The predicted molar refractivity (Wildman–Crippen MR) is 70.5 cm³/mol. The van der Waals surface area contributed by atoms with Gasteiger partial charge in [0.15, 0.2) is 0 Å². The van der Waals surface area contributed by atoms with Gasteiger partial charge in [-0.1, -0.05) is 11.6 Å². The van der Waals surface area contributed by atoms with Crippen molar-refractivity contribution in [3.8, 4) is 11.6 Å². The van der Waals surface area contributed by atoms with E-state index >= 15 is 0 Å². The van der Waals surface area contributed by atoms with Crippen LogP contribution in [0.3, 0.4) is 0 Å². The summed E-state index contributed by atoms with van der Waals surface area (Å²) < 4.78 is 12.3. The summed E-state index contributed by atoms with van der Waals surface area (Å²) in [6.45, 7) is 2.42. The summed E-state index contributed by atoms with van der Waals surface area (Å²) in [5.74, 6) is 0.578. The Bertz CT molecular complexity index is 496. The third-order valence-corrected chi connectivity index (χ3v) is 2.78. The highest BCUT2D eigenvalue weighted by Crippen LogP contribution is 2.15. The third kappa shape index (κ3) is 3.24. The van der Waals surface area contributed by atoms with Gasteiger partial charge in [-0.3, -0.25) is 0 Å². The lowest BCUT2D eigenvalue weighted by Gasteiger charge is -2.08. The maximum Gasteiger partial charge on any atom is 0.233 e.